The maximum atomic E-state index is 12.4. The second-order valence-electron chi connectivity index (χ2n) is 11.4. The van der Waals surface area contributed by atoms with Crippen molar-refractivity contribution in [1.29, 1.82) is 0 Å². The van der Waals surface area contributed by atoms with Crippen LogP contribution in [0.5, 0.6) is 0 Å². The molecule has 0 spiro atoms. The lowest BCUT2D eigenvalue weighted by atomic mass is 10.1. The van der Waals surface area contributed by atoms with Crippen LogP contribution >= 0.6 is 7.82 Å². The van der Waals surface area contributed by atoms with Crippen molar-refractivity contribution in [3.63, 3.8) is 0 Å². The second kappa shape index (κ2) is 33.1. The third-order valence-corrected chi connectivity index (χ3v) is 8.06. The van der Waals surface area contributed by atoms with Crippen LogP contribution in [-0.2, 0) is 27.9 Å². The molecule has 0 aromatic carbocycles. The Balaban J connectivity index is 4.02. The van der Waals surface area contributed by atoms with E-state index in [2.05, 4.69) is 50.3 Å². The second-order valence-corrected chi connectivity index (χ2v) is 12.8. The topological polar surface area (TPSA) is 117 Å². The van der Waals surface area contributed by atoms with E-state index in [9.17, 15) is 14.3 Å². The van der Waals surface area contributed by atoms with Gasteiger partial charge in [0.25, 0.3) is 0 Å². The molecule has 0 fully saturated rings. The first-order chi connectivity index (χ1) is 21.4. The van der Waals surface area contributed by atoms with Gasteiger partial charge in [-0.2, -0.15) is 0 Å². The van der Waals surface area contributed by atoms with Crippen LogP contribution in [0.2, 0.25) is 0 Å². The van der Waals surface area contributed by atoms with Crippen molar-refractivity contribution in [3.8, 4) is 0 Å². The molecule has 0 aliphatic carbocycles. The zero-order valence-corrected chi connectivity index (χ0v) is 29.0. The Morgan fingerprint density at radius 1 is 0.705 bits per heavy atom. The maximum absolute atomic E-state index is 12.4. The smallest absolute Gasteiger partial charge is 0.457 e. The summed E-state index contributed by atoms with van der Waals surface area (Å²) in [5, 5.41) is 0. The Labute approximate surface area is 269 Å². The van der Waals surface area contributed by atoms with Crippen LogP contribution in [0, 0.1) is 0 Å². The summed E-state index contributed by atoms with van der Waals surface area (Å²) in [6.45, 7) is 4.73. The van der Waals surface area contributed by atoms with Gasteiger partial charge < -0.3 is 20.1 Å². The lowest BCUT2D eigenvalue weighted by Gasteiger charge is -2.20. The molecule has 258 valence electrons. The largest absolute Gasteiger partial charge is 0.472 e. The third-order valence-electron chi connectivity index (χ3n) is 7.07. The standard InChI is InChI=1S/C35H66NO7P/c1-3-5-7-9-11-12-13-14-15-16-17-18-19-20-21-23-25-27-30-40-32-34(33-42-44(38,39)41-31-29-36)43-35(37)28-26-24-22-10-8-6-4-2/h5,7,11-12,14-15,34H,3-4,6,8-10,13,16-33,36H2,1-2H3,(H,38,39)/b7-5-,12-11-,15-14-. The zero-order chi connectivity index (χ0) is 32.4. The van der Waals surface area contributed by atoms with Crippen LogP contribution in [0.25, 0.3) is 0 Å². The number of hydrogen-bond donors (Lipinski definition) is 2. The highest BCUT2D eigenvalue weighted by molar-refractivity contribution is 7.47. The molecule has 0 amide bonds. The average Bonchev–Trinajstić information content (AvgIpc) is 3.01. The summed E-state index contributed by atoms with van der Waals surface area (Å²) in [7, 11) is -4.26. The molecule has 2 unspecified atom stereocenters. The van der Waals surface area contributed by atoms with E-state index in [4.69, 9.17) is 24.3 Å². The molecule has 0 aliphatic rings. The molecule has 3 N–H and O–H groups in total. The Kier molecular flexibility index (Phi) is 32.1. The van der Waals surface area contributed by atoms with Crippen LogP contribution in [0.3, 0.4) is 0 Å². The van der Waals surface area contributed by atoms with Crippen molar-refractivity contribution < 1.29 is 32.8 Å². The van der Waals surface area contributed by atoms with Crippen molar-refractivity contribution in [2.75, 3.05) is 33.0 Å². The lowest BCUT2D eigenvalue weighted by molar-refractivity contribution is -0.154. The van der Waals surface area contributed by atoms with Gasteiger partial charge in [-0.15, -0.1) is 0 Å². The Bertz CT molecular complexity index is 772. The van der Waals surface area contributed by atoms with Gasteiger partial charge in [0, 0.05) is 19.6 Å². The van der Waals surface area contributed by atoms with Crippen LogP contribution < -0.4 is 5.73 Å². The molecule has 0 aromatic heterocycles. The number of nitrogens with two attached hydrogens (primary N) is 1. The van der Waals surface area contributed by atoms with Crippen molar-refractivity contribution in [2.45, 2.75) is 148 Å². The molecule has 9 heteroatoms. The molecule has 0 radical (unpaired) electrons. The molecule has 44 heavy (non-hydrogen) atoms. The first kappa shape index (κ1) is 42.7. The van der Waals surface area contributed by atoms with E-state index in [-0.39, 0.29) is 32.3 Å². The molecule has 0 saturated heterocycles. The number of phosphoric ester groups is 1. The Hall–Kier alpha value is -1.28. The molecule has 0 bridgehead atoms. The Morgan fingerprint density at radius 3 is 1.91 bits per heavy atom. The predicted molar refractivity (Wildman–Crippen MR) is 183 cm³/mol. The van der Waals surface area contributed by atoms with Gasteiger partial charge in [-0.25, -0.2) is 4.57 Å². The highest BCUT2D eigenvalue weighted by Crippen LogP contribution is 2.43. The minimum Gasteiger partial charge on any atom is -0.457 e. The molecular weight excluding hydrogens is 577 g/mol. The highest BCUT2D eigenvalue weighted by atomic mass is 31.2. The van der Waals surface area contributed by atoms with Crippen LogP contribution in [0.4, 0.5) is 0 Å². The van der Waals surface area contributed by atoms with Crippen molar-refractivity contribution in [1.82, 2.24) is 0 Å². The summed E-state index contributed by atoms with van der Waals surface area (Å²) < 4.78 is 33.1. The van der Waals surface area contributed by atoms with Gasteiger partial charge in [0.05, 0.1) is 19.8 Å². The SMILES string of the molecule is CC/C=C\C/C=C\C/C=C\CCCCCCCCCCOCC(COP(=O)(O)OCCN)OC(=O)CCCCCCCCC. The summed E-state index contributed by atoms with van der Waals surface area (Å²) in [5.74, 6) is -0.342. The monoisotopic (exact) mass is 643 g/mol. The number of esters is 1. The van der Waals surface area contributed by atoms with E-state index >= 15 is 0 Å². The number of carbonyl (C=O) groups excluding carboxylic acids is 1. The van der Waals surface area contributed by atoms with Crippen LogP contribution in [0.1, 0.15) is 142 Å². The molecule has 8 nitrogen and oxygen atoms in total. The summed E-state index contributed by atoms with van der Waals surface area (Å²) in [6.07, 6.45) is 34.6. The molecule has 2 atom stereocenters. The number of ether oxygens (including phenoxy) is 2. The van der Waals surface area contributed by atoms with E-state index in [0.717, 1.165) is 57.8 Å². The highest BCUT2D eigenvalue weighted by Gasteiger charge is 2.25. The first-order valence-electron chi connectivity index (χ1n) is 17.5. The lowest BCUT2D eigenvalue weighted by Crippen LogP contribution is -2.28. The van der Waals surface area contributed by atoms with Gasteiger partial charge in [-0.3, -0.25) is 13.8 Å². The quantitative estimate of drug-likeness (QED) is 0.0314. The predicted octanol–water partition coefficient (Wildman–Crippen LogP) is 9.52. The van der Waals surface area contributed by atoms with E-state index in [0.29, 0.717) is 13.0 Å². The summed E-state index contributed by atoms with van der Waals surface area (Å²) in [4.78, 5) is 22.2. The fourth-order valence-corrected chi connectivity index (χ4v) is 5.30. The van der Waals surface area contributed by atoms with Gasteiger partial charge in [0.2, 0.25) is 0 Å². The molecule has 0 aromatic rings. The molecule has 0 heterocycles. The number of phosphoric acid groups is 1. The van der Waals surface area contributed by atoms with Gasteiger partial charge >= 0.3 is 13.8 Å². The van der Waals surface area contributed by atoms with Crippen LogP contribution in [0.15, 0.2) is 36.5 Å². The number of hydrogen-bond acceptors (Lipinski definition) is 7. The molecule has 0 saturated carbocycles. The van der Waals surface area contributed by atoms with Gasteiger partial charge in [0.1, 0.15) is 6.10 Å². The van der Waals surface area contributed by atoms with E-state index < -0.39 is 13.9 Å². The maximum Gasteiger partial charge on any atom is 0.472 e. The van der Waals surface area contributed by atoms with Gasteiger partial charge in [-0.1, -0.05) is 127 Å². The number of unbranched alkanes of at least 4 members (excludes halogenated alkanes) is 14. The number of carbonyl (C=O) groups is 1. The number of allylic oxidation sites excluding steroid dienone is 6. The average molecular weight is 644 g/mol. The molecule has 0 aliphatic heterocycles. The molecule has 0 rings (SSSR count). The minimum atomic E-state index is -4.26. The third kappa shape index (κ3) is 32.1. The van der Waals surface area contributed by atoms with Crippen LogP contribution in [-0.4, -0.2) is 49.9 Å². The summed E-state index contributed by atoms with van der Waals surface area (Å²) in [5.41, 5.74) is 5.33. The van der Waals surface area contributed by atoms with Gasteiger partial charge in [0.15, 0.2) is 0 Å². The minimum absolute atomic E-state index is 0.0971. The van der Waals surface area contributed by atoms with E-state index in [1.807, 2.05) is 0 Å². The Morgan fingerprint density at radius 2 is 1.27 bits per heavy atom. The van der Waals surface area contributed by atoms with E-state index in [1.165, 1.54) is 64.2 Å². The van der Waals surface area contributed by atoms with E-state index in [1.54, 1.807) is 0 Å². The first-order valence-corrected chi connectivity index (χ1v) is 19.0. The van der Waals surface area contributed by atoms with Gasteiger partial charge in [-0.05, 0) is 44.9 Å². The fourth-order valence-electron chi connectivity index (χ4n) is 4.54. The molecular formula is C35H66NO7P. The summed E-state index contributed by atoms with van der Waals surface area (Å²) in [6, 6.07) is 0. The number of rotatable bonds is 33. The normalized spacial score (nSPS) is 14.2. The van der Waals surface area contributed by atoms with Crippen molar-refractivity contribution >= 4 is 13.8 Å². The zero-order valence-electron chi connectivity index (χ0n) is 28.1. The van der Waals surface area contributed by atoms with Crippen molar-refractivity contribution in [3.05, 3.63) is 36.5 Å². The fraction of sp³-hybridized carbons (Fsp3) is 0.800. The summed E-state index contributed by atoms with van der Waals surface area (Å²) >= 11 is 0. The van der Waals surface area contributed by atoms with Crippen molar-refractivity contribution in [2.24, 2.45) is 5.73 Å².